The van der Waals surface area contributed by atoms with Crippen molar-refractivity contribution < 1.29 is 45.3 Å². The smallest absolute Gasteiger partial charge is 1.00 e. The van der Waals surface area contributed by atoms with E-state index in [0.717, 1.165) is 47.0 Å². The van der Waals surface area contributed by atoms with Crippen LogP contribution in [0.1, 0.15) is 88.2 Å². The molecule has 0 N–H and O–H groups in total. The Hall–Kier alpha value is -0.116. The molecule has 0 aliphatic heterocycles. The van der Waals surface area contributed by atoms with Gasteiger partial charge in [-0.3, -0.25) is 0 Å². The van der Waals surface area contributed by atoms with E-state index < -0.39 is 0 Å². The van der Waals surface area contributed by atoms with Crippen molar-refractivity contribution in [1.82, 2.24) is 0 Å². The molecule has 0 aromatic heterocycles. The van der Waals surface area contributed by atoms with Gasteiger partial charge in [0.05, 0.1) is 14.2 Å². The summed E-state index contributed by atoms with van der Waals surface area (Å²) >= 11 is 0. The van der Waals surface area contributed by atoms with Gasteiger partial charge in [-0.25, -0.2) is 0 Å². The van der Waals surface area contributed by atoms with Gasteiger partial charge in [0, 0.05) is 11.5 Å². The maximum Gasteiger partial charge on any atom is 2.00 e. The van der Waals surface area contributed by atoms with Crippen molar-refractivity contribution in [3.05, 3.63) is 59.7 Å². The van der Waals surface area contributed by atoms with Crippen molar-refractivity contribution in [2.75, 3.05) is 14.2 Å². The van der Waals surface area contributed by atoms with Crippen LogP contribution < -0.4 is 45.3 Å². The van der Waals surface area contributed by atoms with Crippen LogP contribution in [-0.4, -0.2) is 37.3 Å². The Bertz CT molecular complexity index is 962. The summed E-state index contributed by atoms with van der Waals surface area (Å²) in [7, 11) is 3.61. The topological polar surface area (TPSA) is 18.5 Å². The Balaban J connectivity index is 0.000000168. The summed E-state index contributed by atoms with van der Waals surface area (Å²) in [4.78, 5) is 0. The molecule has 8 fully saturated rings. The van der Waals surface area contributed by atoms with Gasteiger partial charge < -0.3 is 26.5 Å². The van der Waals surface area contributed by atoms with Gasteiger partial charge in [-0.2, -0.15) is 36.4 Å². The molecule has 200 valence electrons. The number of ether oxygens (including phenoxy) is 2. The normalized spacial score (nSPS) is 37.9. The predicted molar refractivity (Wildman–Crippen MR) is 149 cm³/mol. The Kier molecular flexibility index (Phi) is 10.3. The first-order chi connectivity index (χ1) is 17.6. The quantitative estimate of drug-likeness (QED) is 0.396. The van der Waals surface area contributed by atoms with Crippen LogP contribution in [0.3, 0.4) is 0 Å². The van der Waals surface area contributed by atoms with E-state index in [1.54, 1.807) is 14.2 Å². The molecule has 8 bridgehead atoms. The largest absolute Gasteiger partial charge is 2.00 e. The molecule has 2 aromatic carbocycles. The third-order valence-corrected chi connectivity index (χ3v) is 11.3. The molecule has 0 heterocycles. The van der Waals surface area contributed by atoms with Gasteiger partial charge in [0.1, 0.15) is 0 Å². The first-order valence-electron chi connectivity index (χ1n) is 14.7. The number of rotatable bonds is 4. The van der Waals surface area contributed by atoms with Crippen LogP contribution in [0.2, 0.25) is 0 Å². The summed E-state index contributed by atoms with van der Waals surface area (Å²) in [5, 5.41) is 0. The fraction of sp³-hybridized carbons (Fsp3) is 0.647. The predicted octanol–water partition coefficient (Wildman–Crippen LogP) is 1.55. The number of hydrogen-bond acceptors (Lipinski definition) is 2. The molecule has 0 radical (unpaired) electrons. The van der Waals surface area contributed by atoms with Gasteiger partial charge in [-0.1, -0.05) is 38.5 Å². The van der Waals surface area contributed by atoms with E-state index >= 15 is 0 Å². The number of benzene rings is 2. The first-order valence-corrected chi connectivity index (χ1v) is 14.7. The maximum absolute atomic E-state index is 5.61. The molecule has 0 saturated heterocycles. The van der Waals surface area contributed by atoms with Crippen molar-refractivity contribution in [1.29, 1.82) is 0 Å². The third kappa shape index (κ3) is 5.78. The standard InChI is InChI=1S/2C17H21O.BrH.Li.Mg/c2*1-18-16-5-3-2-4-15(16)17-9-12-6-13(10-17)8-14(7-12)11-17;;;/h2*3-5,12-14H,6-11H2,1H3;1H;;/q2*-1;;+1;+2/p-1. The van der Waals surface area contributed by atoms with E-state index in [1.165, 1.54) is 88.2 Å². The molecule has 0 spiro atoms. The van der Waals surface area contributed by atoms with Gasteiger partial charge >= 0.3 is 41.9 Å². The summed E-state index contributed by atoms with van der Waals surface area (Å²) in [5.41, 5.74) is 3.76. The third-order valence-electron chi connectivity index (χ3n) is 11.3. The van der Waals surface area contributed by atoms with E-state index in [0.29, 0.717) is 10.8 Å². The summed E-state index contributed by atoms with van der Waals surface area (Å²) in [5.74, 6) is 8.11. The minimum atomic E-state index is 0. The van der Waals surface area contributed by atoms with Gasteiger partial charge in [0.15, 0.2) is 0 Å². The van der Waals surface area contributed by atoms with Crippen LogP contribution in [0.15, 0.2) is 36.4 Å². The van der Waals surface area contributed by atoms with Crippen molar-refractivity contribution in [3.8, 4) is 11.5 Å². The van der Waals surface area contributed by atoms with Crippen LogP contribution >= 0.6 is 0 Å². The van der Waals surface area contributed by atoms with E-state index in [4.69, 9.17) is 9.47 Å². The SMILES string of the molecule is COc1cc[c-]cc1C12CC3CC(CC(C3)C1)C2.COc1cc[c-]cc1C12CC3CC(CC(C3)C1)C2.[Br-].[Li+].[Mg+2]. The number of methoxy groups -OCH3 is 2. The van der Waals surface area contributed by atoms with Gasteiger partial charge in [-0.15, -0.1) is 23.3 Å². The van der Waals surface area contributed by atoms with E-state index in [1.807, 2.05) is 12.1 Å². The molecule has 8 saturated carbocycles. The van der Waals surface area contributed by atoms with Crippen LogP contribution in [0.4, 0.5) is 0 Å². The second kappa shape index (κ2) is 12.6. The van der Waals surface area contributed by atoms with Crippen LogP contribution in [0.25, 0.3) is 0 Å². The first kappa shape index (κ1) is 31.8. The summed E-state index contributed by atoms with van der Waals surface area (Å²) in [6.07, 6.45) is 17.4. The summed E-state index contributed by atoms with van der Waals surface area (Å²) in [6, 6.07) is 19.1. The Morgan fingerprint density at radius 3 is 1.13 bits per heavy atom. The van der Waals surface area contributed by atoms with E-state index in [9.17, 15) is 0 Å². The molecule has 10 rings (SSSR count). The van der Waals surface area contributed by atoms with Crippen molar-refractivity contribution in [3.63, 3.8) is 0 Å². The zero-order valence-electron chi connectivity index (χ0n) is 24.3. The fourth-order valence-electron chi connectivity index (χ4n) is 10.9. The minimum absolute atomic E-state index is 0. The number of hydrogen-bond donors (Lipinski definition) is 0. The van der Waals surface area contributed by atoms with Crippen molar-refractivity contribution in [2.24, 2.45) is 35.5 Å². The van der Waals surface area contributed by atoms with Gasteiger partial charge in [0.2, 0.25) is 0 Å². The molecular weight excluding hydrogens is 552 g/mol. The van der Waals surface area contributed by atoms with Gasteiger partial charge in [0.25, 0.3) is 0 Å². The second-order valence-electron chi connectivity index (χ2n) is 13.6. The van der Waals surface area contributed by atoms with Crippen LogP contribution in [0.5, 0.6) is 11.5 Å². The molecule has 8 aliphatic carbocycles. The Labute approximate surface area is 275 Å². The molecule has 0 atom stereocenters. The maximum atomic E-state index is 5.61. The average molecular weight is 594 g/mol. The molecule has 0 unspecified atom stereocenters. The zero-order valence-corrected chi connectivity index (χ0v) is 27.3. The number of halogens is 1. The molecular formula is C34H42BrLiMgO2. The Morgan fingerprint density at radius 1 is 0.590 bits per heavy atom. The van der Waals surface area contributed by atoms with Crippen molar-refractivity contribution in [2.45, 2.75) is 87.9 Å². The summed E-state index contributed by atoms with van der Waals surface area (Å²) in [6.45, 7) is 0. The molecule has 0 amide bonds. The minimum Gasteiger partial charge on any atom is -1.00 e. The average Bonchev–Trinajstić information content (AvgIpc) is 2.87. The fourth-order valence-corrected chi connectivity index (χ4v) is 10.9. The van der Waals surface area contributed by atoms with E-state index in [-0.39, 0.29) is 58.9 Å². The molecule has 8 aliphatic rings. The summed E-state index contributed by atoms with van der Waals surface area (Å²) < 4.78 is 11.2. The van der Waals surface area contributed by atoms with Gasteiger partial charge in [-0.05, 0) is 84.9 Å². The van der Waals surface area contributed by atoms with Crippen LogP contribution in [0, 0.1) is 47.6 Å². The molecule has 5 heteroatoms. The zero-order chi connectivity index (χ0) is 24.3. The Morgan fingerprint density at radius 2 is 0.872 bits per heavy atom. The second-order valence-corrected chi connectivity index (χ2v) is 13.6. The monoisotopic (exact) mass is 592 g/mol. The molecule has 2 aromatic rings. The van der Waals surface area contributed by atoms with E-state index in [2.05, 4.69) is 36.4 Å². The molecule has 2 nitrogen and oxygen atoms in total. The molecule has 39 heavy (non-hydrogen) atoms. The van der Waals surface area contributed by atoms with Crippen molar-refractivity contribution >= 4 is 23.1 Å². The van der Waals surface area contributed by atoms with Crippen LogP contribution in [-0.2, 0) is 10.8 Å².